The maximum atomic E-state index is 12.7. The van der Waals surface area contributed by atoms with Gasteiger partial charge in [0.05, 0.1) is 18.7 Å². The third kappa shape index (κ3) is 8.38. The summed E-state index contributed by atoms with van der Waals surface area (Å²) in [6, 6.07) is 9.81. The van der Waals surface area contributed by atoms with E-state index in [0.717, 1.165) is 23.2 Å². The number of hydrogen-bond acceptors (Lipinski definition) is 7. The van der Waals surface area contributed by atoms with E-state index in [4.69, 9.17) is 10.5 Å². The van der Waals surface area contributed by atoms with Crippen molar-refractivity contribution in [2.75, 3.05) is 19.4 Å². The minimum atomic E-state index is -0.669. The van der Waals surface area contributed by atoms with Gasteiger partial charge < -0.3 is 26.4 Å². The summed E-state index contributed by atoms with van der Waals surface area (Å²) < 4.78 is 4.77. The Morgan fingerprint density at radius 1 is 1.23 bits per heavy atom. The van der Waals surface area contributed by atoms with Crippen molar-refractivity contribution in [1.29, 1.82) is 0 Å². The van der Waals surface area contributed by atoms with Crippen molar-refractivity contribution >= 4 is 48.4 Å². The van der Waals surface area contributed by atoms with Gasteiger partial charge in [-0.05, 0) is 68.5 Å². The van der Waals surface area contributed by atoms with Gasteiger partial charge in [0.15, 0.2) is 0 Å². The summed E-state index contributed by atoms with van der Waals surface area (Å²) in [6.07, 6.45) is 1.39. The normalized spacial score (nSPS) is 17.3. The van der Waals surface area contributed by atoms with Crippen molar-refractivity contribution in [3.05, 3.63) is 58.8 Å². The van der Waals surface area contributed by atoms with E-state index in [1.807, 2.05) is 31.2 Å². The Labute approximate surface area is 217 Å². The number of pyridine rings is 1. The molecule has 0 saturated carbocycles. The molecule has 3 rings (SSSR count). The van der Waals surface area contributed by atoms with Crippen LogP contribution in [-0.4, -0.2) is 48.5 Å². The summed E-state index contributed by atoms with van der Waals surface area (Å²) in [7, 11) is 1.36. The van der Waals surface area contributed by atoms with E-state index < -0.39 is 6.04 Å². The van der Waals surface area contributed by atoms with Crippen LogP contribution in [0.5, 0.6) is 0 Å². The smallest absolute Gasteiger partial charge is 0.337 e. The number of anilines is 1. The highest BCUT2D eigenvalue weighted by Gasteiger charge is 2.31. The van der Waals surface area contributed by atoms with Crippen molar-refractivity contribution in [2.24, 2.45) is 5.92 Å². The molecule has 2 amide bonds. The van der Waals surface area contributed by atoms with Crippen LogP contribution in [-0.2, 0) is 27.3 Å². The van der Waals surface area contributed by atoms with E-state index in [9.17, 15) is 14.4 Å². The van der Waals surface area contributed by atoms with Crippen molar-refractivity contribution in [3.63, 3.8) is 0 Å². The fraction of sp³-hybridized carbons (Fsp3) is 0.417. The van der Waals surface area contributed by atoms with Crippen molar-refractivity contribution in [1.82, 2.24) is 20.9 Å². The molecule has 5 N–H and O–H groups in total. The number of nitrogens with zero attached hydrogens (tertiary/aromatic N) is 1. The Morgan fingerprint density at radius 3 is 2.66 bits per heavy atom. The molecule has 9 nitrogen and oxygen atoms in total. The average Bonchev–Trinajstić information content (AvgIpc) is 3.26. The minimum absolute atomic E-state index is 0. The topological polar surface area (TPSA) is 135 Å². The fourth-order valence-corrected chi connectivity index (χ4v) is 3.95. The molecule has 1 fully saturated rings. The number of nitrogen functional groups attached to an aromatic ring is 1. The Hall–Kier alpha value is -2.88. The summed E-state index contributed by atoms with van der Waals surface area (Å²) >= 11 is 0. The second-order valence-electron chi connectivity index (χ2n) is 8.39. The van der Waals surface area contributed by atoms with Gasteiger partial charge in [-0.3, -0.25) is 9.59 Å². The quantitative estimate of drug-likeness (QED) is 0.386. The Bertz CT molecular complexity index is 1040. The molecule has 1 aromatic carbocycles. The van der Waals surface area contributed by atoms with Crippen molar-refractivity contribution in [2.45, 2.75) is 45.3 Å². The molecule has 0 bridgehead atoms. The summed E-state index contributed by atoms with van der Waals surface area (Å²) in [5.74, 6) is -0.156. The van der Waals surface area contributed by atoms with Gasteiger partial charge in [0, 0.05) is 12.2 Å². The lowest BCUT2D eigenvalue weighted by Gasteiger charge is -2.17. The van der Waals surface area contributed by atoms with Crippen LogP contribution >= 0.6 is 24.8 Å². The highest BCUT2D eigenvalue weighted by atomic mass is 35.5. The number of carbonyl (C=O) groups is 3. The van der Waals surface area contributed by atoms with Crippen LogP contribution in [0.1, 0.15) is 40.5 Å². The largest absolute Gasteiger partial charge is 0.465 e. The third-order valence-electron chi connectivity index (χ3n) is 5.83. The number of halogens is 2. The fourth-order valence-electron chi connectivity index (χ4n) is 3.95. The van der Waals surface area contributed by atoms with Gasteiger partial charge in [-0.2, -0.15) is 0 Å². The maximum Gasteiger partial charge on any atom is 0.337 e. The maximum absolute atomic E-state index is 12.7. The number of nitrogens with one attached hydrogen (secondary N) is 3. The van der Waals surface area contributed by atoms with Gasteiger partial charge in [-0.15, -0.1) is 24.8 Å². The summed E-state index contributed by atoms with van der Waals surface area (Å²) in [4.78, 5) is 41.0. The van der Waals surface area contributed by atoms with Crippen LogP contribution in [0.3, 0.4) is 0 Å². The van der Waals surface area contributed by atoms with E-state index in [2.05, 4.69) is 20.9 Å². The molecule has 0 spiro atoms. The highest BCUT2D eigenvalue weighted by molar-refractivity contribution is 5.90. The number of benzene rings is 1. The lowest BCUT2D eigenvalue weighted by atomic mass is 9.95. The number of aryl methyl sites for hydroxylation is 1. The van der Waals surface area contributed by atoms with Crippen LogP contribution in [0.4, 0.5) is 5.82 Å². The number of rotatable bonds is 8. The highest BCUT2D eigenvalue weighted by Crippen LogP contribution is 2.20. The molecule has 1 aromatic heterocycles. The molecule has 3 atom stereocenters. The first-order valence-corrected chi connectivity index (χ1v) is 11.0. The second-order valence-corrected chi connectivity index (χ2v) is 8.39. The third-order valence-corrected chi connectivity index (χ3v) is 5.83. The van der Waals surface area contributed by atoms with E-state index in [0.29, 0.717) is 30.9 Å². The summed E-state index contributed by atoms with van der Waals surface area (Å²) in [6.45, 7) is 4.49. The predicted octanol–water partition coefficient (Wildman–Crippen LogP) is 1.94. The van der Waals surface area contributed by atoms with Gasteiger partial charge in [-0.25, -0.2) is 9.78 Å². The van der Waals surface area contributed by atoms with E-state index in [1.54, 1.807) is 19.1 Å². The van der Waals surface area contributed by atoms with Gasteiger partial charge in [0.1, 0.15) is 11.9 Å². The second kappa shape index (κ2) is 13.9. The molecule has 0 unspecified atom stereocenters. The van der Waals surface area contributed by atoms with E-state index in [-0.39, 0.29) is 54.6 Å². The molecule has 1 saturated heterocycles. The van der Waals surface area contributed by atoms with E-state index >= 15 is 0 Å². The number of ether oxygens (including phenoxy) is 1. The molecule has 2 aromatic rings. The molecule has 1 aliphatic rings. The molecular weight excluding hydrogens is 493 g/mol. The Morgan fingerprint density at radius 2 is 1.97 bits per heavy atom. The Balaban J connectivity index is 0.00000306. The minimum Gasteiger partial charge on any atom is -0.465 e. The van der Waals surface area contributed by atoms with Gasteiger partial charge in [0.25, 0.3) is 0 Å². The standard InChI is InChI=1S/C24H31N5O4.2ClH/c1-14-19(7-8-21(25)28-14)13-27-22(30)15(2)29-23(31)20-11-17(12-26-20)9-16-5-4-6-18(10-16)24(32)33-3;;/h4-8,10,15,17,20,26H,9,11-13H2,1-3H3,(H2,25,28)(H,27,30)(H,29,31);2*1H/t15-,17-,20+;;/m0../s1. The lowest BCUT2D eigenvalue weighted by molar-refractivity contribution is -0.129. The number of amides is 2. The van der Waals surface area contributed by atoms with Crippen LogP contribution in [0.15, 0.2) is 36.4 Å². The number of nitrogens with two attached hydrogens (primary N) is 1. The van der Waals surface area contributed by atoms with Crippen LogP contribution in [0.2, 0.25) is 0 Å². The Kier molecular flexibility index (Phi) is 11.9. The lowest BCUT2D eigenvalue weighted by Crippen LogP contribution is -2.50. The molecule has 0 radical (unpaired) electrons. The SMILES string of the molecule is COC(=O)c1cccc(C[C@@H]2CN[C@@H](C(=O)N[C@@H](C)C(=O)NCc3ccc(N)nc3C)C2)c1.Cl.Cl. The zero-order valence-electron chi connectivity index (χ0n) is 20.0. The van der Waals surface area contributed by atoms with Gasteiger partial charge in [-0.1, -0.05) is 18.2 Å². The first kappa shape index (κ1) is 30.2. The number of aromatic nitrogens is 1. The number of hydrogen-bond donors (Lipinski definition) is 4. The van der Waals surface area contributed by atoms with Crippen molar-refractivity contribution < 1.29 is 19.1 Å². The zero-order valence-corrected chi connectivity index (χ0v) is 21.6. The number of esters is 1. The zero-order chi connectivity index (χ0) is 24.0. The van der Waals surface area contributed by atoms with Gasteiger partial charge in [0.2, 0.25) is 11.8 Å². The molecule has 1 aliphatic heterocycles. The molecule has 2 heterocycles. The monoisotopic (exact) mass is 525 g/mol. The van der Waals surface area contributed by atoms with E-state index in [1.165, 1.54) is 7.11 Å². The average molecular weight is 526 g/mol. The molecule has 35 heavy (non-hydrogen) atoms. The summed E-state index contributed by atoms with van der Waals surface area (Å²) in [5.41, 5.74) is 8.81. The predicted molar refractivity (Wildman–Crippen MR) is 139 cm³/mol. The van der Waals surface area contributed by atoms with Gasteiger partial charge >= 0.3 is 5.97 Å². The van der Waals surface area contributed by atoms with Crippen LogP contribution in [0, 0.1) is 12.8 Å². The van der Waals surface area contributed by atoms with Crippen molar-refractivity contribution in [3.8, 4) is 0 Å². The number of carbonyl (C=O) groups excluding carboxylic acids is 3. The van der Waals surface area contributed by atoms with Crippen LogP contribution in [0.25, 0.3) is 0 Å². The first-order chi connectivity index (χ1) is 15.8. The molecule has 11 heteroatoms. The molecule has 0 aliphatic carbocycles. The number of methoxy groups -OCH3 is 1. The summed E-state index contributed by atoms with van der Waals surface area (Å²) in [5, 5.41) is 8.84. The van der Waals surface area contributed by atoms with Crippen LogP contribution < -0.4 is 21.7 Å². The molecular formula is C24H33Cl2N5O4. The first-order valence-electron chi connectivity index (χ1n) is 11.0. The molecule has 192 valence electrons.